The van der Waals surface area contributed by atoms with E-state index in [1.807, 2.05) is 0 Å². The van der Waals surface area contributed by atoms with Crippen molar-refractivity contribution in [3.8, 4) is 0 Å². The standard InChI is InChI=1S/C6H16O4Si.C5H12O3Si/c1-4-8-11(7,9-5-2)10-6-3;1-5-9(6-2,7-3)8-4/h7H,4-6H2,1-3H3;5H,1H2,2-4H3. The molecule has 9 heteroatoms. The highest BCUT2D eigenvalue weighted by molar-refractivity contribution is 6.66. The summed E-state index contributed by atoms with van der Waals surface area (Å²) >= 11 is 0. The summed E-state index contributed by atoms with van der Waals surface area (Å²) in [6.07, 6.45) is 0. The smallest absolute Gasteiger partial charge is 0.374 e. The van der Waals surface area contributed by atoms with Gasteiger partial charge in [-0.3, -0.25) is 0 Å². The van der Waals surface area contributed by atoms with E-state index in [4.69, 9.17) is 26.6 Å². The average Bonchev–Trinajstić information content (AvgIpc) is 2.43. The van der Waals surface area contributed by atoms with E-state index in [1.165, 1.54) is 0 Å². The topological polar surface area (TPSA) is 75.6 Å². The van der Waals surface area contributed by atoms with Crippen molar-refractivity contribution < 1.29 is 31.4 Å². The molecule has 0 aliphatic heterocycles. The Morgan fingerprint density at radius 2 is 1.15 bits per heavy atom. The zero-order chi connectivity index (χ0) is 16.1. The fourth-order valence-electron chi connectivity index (χ4n) is 1.17. The normalized spacial score (nSPS) is 11.8. The molecule has 0 atom stereocenters. The summed E-state index contributed by atoms with van der Waals surface area (Å²) in [5, 5.41) is 0. The SMILES string of the molecule is C=C[Si](OC)(OC)OC.CCO[Si](O)(OCC)OCC. The Bertz CT molecular complexity index is 212. The average molecular weight is 329 g/mol. The molecule has 0 aliphatic rings. The number of hydrogen-bond donors (Lipinski definition) is 1. The fourth-order valence-corrected chi connectivity index (χ4v) is 3.52. The molecule has 0 bridgehead atoms. The van der Waals surface area contributed by atoms with Gasteiger partial charge in [-0.2, -0.15) is 0 Å². The van der Waals surface area contributed by atoms with Gasteiger partial charge in [-0.1, -0.05) is 6.58 Å². The van der Waals surface area contributed by atoms with E-state index in [1.54, 1.807) is 47.8 Å². The summed E-state index contributed by atoms with van der Waals surface area (Å²) in [5.41, 5.74) is 1.58. The van der Waals surface area contributed by atoms with Crippen LogP contribution in [0.15, 0.2) is 12.3 Å². The molecule has 0 saturated carbocycles. The predicted molar refractivity (Wildman–Crippen MR) is 79.8 cm³/mol. The van der Waals surface area contributed by atoms with Crippen LogP contribution in [0.25, 0.3) is 0 Å². The Morgan fingerprint density at radius 3 is 1.25 bits per heavy atom. The monoisotopic (exact) mass is 328 g/mol. The van der Waals surface area contributed by atoms with Crippen LogP contribution in [-0.4, -0.2) is 63.8 Å². The molecule has 0 fully saturated rings. The minimum atomic E-state index is -3.25. The van der Waals surface area contributed by atoms with Crippen LogP contribution in [0.2, 0.25) is 0 Å². The van der Waals surface area contributed by atoms with Crippen LogP contribution in [-0.2, 0) is 26.6 Å². The third-order valence-corrected chi connectivity index (χ3v) is 6.25. The van der Waals surface area contributed by atoms with Crippen LogP contribution in [0.3, 0.4) is 0 Å². The molecule has 0 aromatic carbocycles. The van der Waals surface area contributed by atoms with Crippen LogP contribution in [0.4, 0.5) is 0 Å². The Hall–Kier alpha value is -0.106. The summed E-state index contributed by atoms with van der Waals surface area (Å²) in [6.45, 7) is 10.1. The highest BCUT2D eigenvalue weighted by Crippen LogP contribution is 2.05. The molecule has 0 aromatic rings. The Kier molecular flexibility index (Phi) is 14.0. The maximum Gasteiger partial charge on any atom is 0.676 e. The summed E-state index contributed by atoms with van der Waals surface area (Å²) in [6, 6.07) is 0. The third kappa shape index (κ3) is 8.95. The van der Waals surface area contributed by atoms with Gasteiger partial charge in [0.1, 0.15) is 0 Å². The molecule has 20 heavy (non-hydrogen) atoms. The van der Waals surface area contributed by atoms with Crippen LogP contribution >= 0.6 is 0 Å². The summed E-state index contributed by atoms with van der Waals surface area (Å²) in [4.78, 5) is 9.48. The van der Waals surface area contributed by atoms with Gasteiger partial charge in [-0.05, 0) is 26.5 Å². The molecule has 0 rings (SSSR count). The van der Waals surface area contributed by atoms with Crippen molar-refractivity contribution in [2.45, 2.75) is 20.8 Å². The minimum absolute atomic E-state index is 0.405. The van der Waals surface area contributed by atoms with Crippen molar-refractivity contribution >= 4 is 17.9 Å². The van der Waals surface area contributed by atoms with Gasteiger partial charge in [0.05, 0.1) is 0 Å². The molecule has 0 saturated heterocycles. The first-order valence-corrected chi connectivity index (χ1v) is 9.83. The Labute approximate surface area is 124 Å². The Balaban J connectivity index is 0. The first kappa shape index (κ1) is 22.2. The molecular formula is C11H28O7Si2. The van der Waals surface area contributed by atoms with Gasteiger partial charge in [0.2, 0.25) is 0 Å². The lowest BCUT2D eigenvalue weighted by atomic mass is 10.9. The van der Waals surface area contributed by atoms with Gasteiger partial charge < -0.3 is 31.4 Å². The third-order valence-electron chi connectivity index (χ3n) is 2.08. The largest absolute Gasteiger partial charge is 0.676 e. The summed E-state index contributed by atoms with van der Waals surface area (Å²) < 4.78 is 29.8. The highest BCUT2D eigenvalue weighted by Gasteiger charge is 2.39. The second kappa shape index (κ2) is 12.6. The molecular weight excluding hydrogens is 300 g/mol. The molecule has 122 valence electrons. The van der Waals surface area contributed by atoms with Gasteiger partial charge in [0.25, 0.3) is 0 Å². The summed E-state index contributed by atoms with van der Waals surface area (Å²) in [7, 11) is -1.05. The lowest BCUT2D eigenvalue weighted by molar-refractivity contribution is 0.00146. The van der Waals surface area contributed by atoms with E-state index in [2.05, 4.69) is 6.58 Å². The van der Waals surface area contributed by atoms with E-state index < -0.39 is 17.9 Å². The molecule has 0 radical (unpaired) electrons. The maximum absolute atomic E-state index is 9.48. The van der Waals surface area contributed by atoms with Crippen molar-refractivity contribution in [1.82, 2.24) is 0 Å². The number of hydrogen-bond acceptors (Lipinski definition) is 7. The van der Waals surface area contributed by atoms with Crippen LogP contribution in [0.1, 0.15) is 20.8 Å². The van der Waals surface area contributed by atoms with E-state index in [0.29, 0.717) is 19.8 Å². The van der Waals surface area contributed by atoms with Crippen molar-refractivity contribution in [1.29, 1.82) is 0 Å². The van der Waals surface area contributed by atoms with Crippen molar-refractivity contribution in [2.24, 2.45) is 0 Å². The second-order valence-corrected chi connectivity index (χ2v) is 8.00. The molecule has 0 amide bonds. The van der Waals surface area contributed by atoms with Crippen LogP contribution < -0.4 is 0 Å². The quantitative estimate of drug-likeness (QED) is 0.602. The lowest BCUT2D eigenvalue weighted by Gasteiger charge is -2.20. The van der Waals surface area contributed by atoms with Crippen LogP contribution in [0.5, 0.6) is 0 Å². The van der Waals surface area contributed by atoms with Crippen molar-refractivity contribution in [3.63, 3.8) is 0 Å². The van der Waals surface area contributed by atoms with Crippen molar-refractivity contribution in [2.75, 3.05) is 41.2 Å². The molecule has 1 N–H and O–H groups in total. The van der Waals surface area contributed by atoms with E-state index >= 15 is 0 Å². The first-order valence-electron chi connectivity index (χ1n) is 6.36. The zero-order valence-corrected chi connectivity index (χ0v) is 15.3. The molecule has 0 spiro atoms. The van der Waals surface area contributed by atoms with Crippen molar-refractivity contribution in [3.05, 3.63) is 12.3 Å². The van der Waals surface area contributed by atoms with Gasteiger partial charge >= 0.3 is 17.9 Å². The predicted octanol–water partition coefficient (Wildman–Crippen LogP) is 1.11. The first-order chi connectivity index (χ1) is 9.42. The highest BCUT2D eigenvalue weighted by atomic mass is 28.4. The van der Waals surface area contributed by atoms with E-state index in [0.717, 1.165) is 0 Å². The van der Waals surface area contributed by atoms with E-state index in [9.17, 15) is 4.80 Å². The van der Waals surface area contributed by atoms with Gasteiger partial charge in [0, 0.05) is 41.2 Å². The van der Waals surface area contributed by atoms with E-state index in [-0.39, 0.29) is 0 Å². The Morgan fingerprint density at radius 1 is 0.850 bits per heavy atom. The molecule has 0 aromatic heterocycles. The van der Waals surface area contributed by atoms with Crippen LogP contribution in [0, 0.1) is 0 Å². The molecule has 0 aliphatic carbocycles. The molecule has 7 nitrogen and oxygen atoms in total. The fraction of sp³-hybridized carbons (Fsp3) is 0.818. The lowest BCUT2D eigenvalue weighted by Crippen LogP contribution is -2.46. The maximum atomic E-state index is 9.48. The van der Waals surface area contributed by atoms with Gasteiger partial charge in [-0.25, -0.2) is 0 Å². The van der Waals surface area contributed by atoms with Gasteiger partial charge in [0.15, 0.2) is 0 Å². The second-order valence-electron chi connectivity index (χ2n) is 3.24. The number of rotatable bonds is 10. The van der Waals surface area contributed by atoms with Gasteiger partial charge in [-0.15, -0.1) is 0 Å². The molecule has 0 heterocycles. The minimum Gasteiger partial charge on any atom is -0.374 e. The summed E-state index contributed by atoms with van der Waals surface area (Å²) in [5.74, 6) is 0. The zero-order valence-electron chi connectivity index (χ0n) is 13.3. The molecule has 0 unspecified atom stereocenters.